The van der Waals surface area contributed by atoms with E-state index in [1.807, 2.05) is 61.8 Å². The Kier molecular flexibility index (Phi) is 6.22. The number of anilines is 1. The molecule has 0 fully saturated rings. The maximum atomic E-state index is 13.0. The van der Waals surface area contributed by atoms with Gasteiger partial charge in [-0.3, -0.25) is 9.59 Å². The van der Waals surface area contributed by atoms with Crippen molar-refractivity contribution in [3.8, 4) is 0 Å². The van der Waals surface area contributed by atoms with Gasteiger partial charge in [0.1, 0.15) is 5.82 Å². The SMILES string of the molecule is CSc1ccc(C2CC(=O)Nc3c2c(=O)nc(SCc2cccc(Cl)c2)n3C)cc1. The zero-order valence-electron chi connectivity index (χ0n) is 16.5. The van der Waals surface area contributed by atoms with Crippen LogP contribution in [-0.4, -0.2) is 21.7 Å². The van der Waals surface area contributed by atoms with Gasteiger partial charge in [0, 0.05) is 35.1 Å². The van der Waals surface area contributed by atoms with E-state index in [1.165, 1.54) is 11.8 Å². The van der Waals surface area contributed by atoms with E-state index in [1.54, 1.807) is 16.3 Å². The second-order valence-electron chi connectivity index (χ2n) is 7.02. The lowest BCUT2D eigenvalue weighted by Crippen LogP contribution is -2.33. The van der Waals surface area contributed by atoms with E-state index in [9.17, 15) is 9.59 Å². The largest absolute Gasteiger partial charge is 0.312 e. The van der Waals surface area contributed by atoms with Gasteiger partial charge < -0.3 is 9.88 Å². The molecule has 4 rings (SSSR count). The molecule has 0 saturated heterocycles. The molecule has 0 bridgehead atoms. The number of benzene rings is 2. The van der Waals surface area contributed by atoms with Crippen molar-refractivity contribution in [1.29, 1.82) is 0 Å². The Morgan fingerprint density at radius 2 is 1.97 bits per heavy atom. The molecule has 0 saturated carbocycles. The molecule has 1 amide bonds. The molecule has 30 heavy (non-hydrogen) atoms. The molecule has 5 nitrogen and oxygen atoms in total. The van der Waals surface area contributed by atoms with Gasteiger partial charge >= 0.3 is 0 Å². The Bertz CT molecular complexity index is 1160. The molecule has 2 heterocycles. The quantitative estimate of drug-likeness (QED) is 0.435. The van der Waals surface area contributed by atoms with Gasteiger partial charge in [-0.25, -0.2) is 0 Å². The molecule has 0 spiro atoms. The highest BCUT2D eigenvalue weighted by Crippen LogP contribution is 2.36. The van der Waals surface area contributed by atoms with Crippen LogP contribution in [0.3, 0.4) is 0 Å². The van der Waals surface area contributed by atoms with Crippen molar-refractivity contribution in [2.75, 3.05) is 11.6 Å². The first kappa shape index (κ1) is 21.0. The number of nitrogens with one attached hydrogen (secondary N) is 1. The van der Waals surface area contributed by atoms with Crippen molar-refractivity contribution in [1.82, 2.24) is 9.55 Å². The summed E-state index contributed by atoms with van der Waals surface area (Å²) in [6.07, 6.45) is 2.25. The molecule has 1 aromatic heterocycles. The van der Waals surface area contributed by atoms with Crippen molar-refractivity contribution in [3.05, 3.63) is 80.6 Å². The molecular weight excluding hydrogens is 438 g/mol. The Morgan fingerprint density at radius 3 is 2.67 bits per heavy atom. The fraction of sp³-hybridized carbons (Fsp3) is 0.227. The number of carbonyl (C=O) groups excluding carboxylic acids is 1. The van der Waals surface area contributed by atoms with Crippen LogP contribution in [0.25, 0.3) is 0 Å². The Labute approximate surface area is 188 Å². The van der Waals surface area contributed by atoms with Crippen molar-refractivity contribution in [2.45, 2.75) is 28.1 Å². The zero-order valence-corrected chi connectivity index (χ0v) is 18.9. The first-order valence-electron chi connectivity index (χ1n) is 9.38. The minimum atomic E-state index is -0.303. The summed E-state index contributed by atoms with van der Waals surface area (Å²) >= 11 is 9.15. The summed E-state index contributed by atoms with van der Waals surface area (Å²) in [7, 11) is 1.82. The first-order valence-corrected chi connectivity index (χ1v) is 12.0. The summed E-state index contributed by atoms with van der Waals surface area (Å²) in [5.74, 6) is 0.739. The van der Waals surface area contributed by atoms with Crippen LogP contribution in [0.1, 0.15) is 29.0 Å². The summed E-state index contributed by atoms with van der Waals surface area (Å²) in [6.45, 7) is 0. The number of fused-ring (bicyclic) bond motifs is 1. The van der Waals surface area contributed by atoms with E-state index in [0.29, 0.717) is 27.3 Å². The number of hydrogen-bond acceptors (Lipinski definition) is 5. The van der Waals surface area contributed by atoms with Crippen LogP contribution in [0.5, 0.6) is 0 Å². The maximum absolute atomic E-state index is 13.0. The third kappa shape index (κ3) is 4.29. The molecule has 3 aromatic rings. The van der Waals surface area contributed by atoms with Gasteiger partial charge in [-0.2, -0.15) is 4.98 Å². The molecule has 8 heteroatoms. The lowest BCUT2D eigenvalue weighted by atomic mass is 9.87. The van der Waals surface area contributed by atoms with Crippen molar-refractivity contribution < 1.29 is 4.79 Å². The van der Waals surface area contributed by atoms with E-state index in [-0.39, 0.29) is 23.8 Å². The number of aromatic nitrogens is 2. The average Bonchev–Trinajstić information content (AvgIpc) is 2.74. The van der Waals surface area contributed by atoms with Crippen molar-refractivity contribution >= 4 is 46.8 Å². The monoisotopic (exact) mass is 457 g/mol. The van der Waals surface area contributed by atoms with Gasteiger partial charge in [0.15, 0.2) is 5.16 Å². The first-order chi connectivity index (χ1) is 14.5. The molecule has 0 radical (unpaired) electrons. The summed E-state index contributed by atoms with van der Waals surface area (Å²) < 4.78 is 1.80. The van der Waals surface area contributed by atoms with Crippen LogP contribution in [0.15, 0.2) is 63.4 Å². The number of carbonyl (C=O) groups is 1. The predicted octanol–water partition coefficient (Wildman–Crippen LogP) is 4.92. The minimum Gasteiger partial charge on any atom is -0.312 e. The van der Waals surface area contributed by atoms with Crippen LogP contribution in [0.2, 0.25) is 5.02 Å². The number of hydrogen-bond donors (Lipinski definition) is 1. The standard InChI is InChI=1S/C22H20ClN3O2S2/c1-26-20-19(17(11-18(27)24-20)14-6-8-16(29-2)9-7-14)21(28)25-22(26)30-12-13-4-3-5-15(23)10-13/h3-10,17H,11-12H2,1-2H3,(H,24,27). The number of halogens is 1. The van der Waals surface area contributed by atoms with Crippen LogP contribution in [-0.2, 0) is 17.6 Å². The molecule has 1 aliphatic rings. The molecule has 1 unspecified atom stereocenters. The van der Waals surface area contributed by atoms with Gasteiger partial charge in [0.2, 0.25) is 5.91 Å². The van der Waals surface area contributed by atoms with Gasteiger partial charge in [-0.1, -0.05) is 47.6 Å². The summed E-state index contributed by atoms with van der Waals surface area (Å²) in [4.78, 5) is 30.9. The predicted molar refractivity (Wildman–Crippen MR) is 124 cm³/mol. The lowest BCUT2D eigenvalue weighted by molar-refractivity contribution is -0.116. The molecule has 1 N–H and O–H groups in total. The molecule has 2 aromatic carbocycles. The van der Waals surface area contributed by atoms with Gasteiger partial charge in [-0.05, 0) is 41.6 Å². The molecule has 1 aliphatic heterocycles. The summed E-state index contributed by atoms with van der Waals surface area (Å²) in [5.41, 5.74) is 2.23. The van der Waals surface area contributed by atoms with Gasteiger partial charge in [0.05, 0.1) is 5.56 Å². The van der Waals surface area contributed by atoms with E-state index in [0.717, 1.165) is 16.0 Å². The summed E-state index contributed by atoms with van der Waals surface area (Å²) in [6, 6.07) is 15.6. The number of thioether (sulfide) groups is 2. The molecule has 0 aliphatic carbocycles. The highest BCUT2D eigenvalue weighted by molar-refractivity contribution is 7.98. The van der Waals surface area contributed by atoms with E-state index in [4.69, 9.17) is 11.6 Å². The van der Waals surface area contributed by atoms with Crippen LogP contribution in [0.4, 0.5) is 5.82 Å². The third-order valence-corrected chi connectivity index (χ3v) is 7.16. The number of amides is 1. The van der Waals surface area contributed by atoms with Crippen LogP contribution >= 0.6 is 35.1 Å². The lowest BCUT2D eigenvalue weighted by Gasteiger charge is -2.27. The van der Waals surface area contributed by atoms with Crippen molar-refractivity contribution in [3.63, 3.8) is 0 Å². The van der Waals surface area contributed by atoms with E-state index >= 15 is 0 Å². The van der Waals surface area contributed by atoms with Gasteiger partial charge in [-0.15, -0.1) is 11.8 Å². The number of nitrogens with zero attached hydrogens (tertiary/aromatic N) is 2. The van der Waals surface area contributed by atoms with Crippen LogP contribution < -0.4 is 10.9 Å². The highest BCUT2D eigenvalue weighted by Gasteiger charge is 2.32. The van der Waals surface area contributed by atoms with Crippen LogP contribution in [0, 0.1) is 0 Å². The fourth-order valence-corrected chi connectivity index (χ4v) is 5.09. The van der Waals surface area contributed by atoms with E-state index < -0.39 is 0 Å². The third-order valence-electron chi connectivity index (χ3n) is 5.08. The maximum Gasteiger partial charge on any atom is 0.279 e. The fourth-order valence-electron chi connectivity index (χ4n) is 3.56. The van der Waals surface area contributed by atoms with E-state index in [2.05, 4.69) is 10.3 Å². The average molecular weight is 458 g/mol. The molecule has 1 atom stereocenters. The Hall–Kier alpha value is -2.22. The molecule has 154 valence electrons. The van der Waals surface area contributed by atoms with Gasteiger partial charge in [0.25, 0.3) is 5.56 Å². The smallest absolute Gasteiger partial charge is 0.279 e. The minimum absolute atomic E-state index is 0.103. The Balaban J connectivity index is 1.69. The summed E-state index contributed by atoms with van der Waals surface area (Å²) in [5, 5.41) is 4.11. The normalized spacial score (nSPS) is 15.6. The topological polar surface area (TPSA) is 64.0 Å². The molecular formula is C22H20ClN3O2S2. The number of rotatable bonds is 5. The highest BCUT2D eigenvalue weighted by atomic mass is 35.5. The second-order valence-corrected chi connectivity index (χ2v) is 9.28. The Morgan fingerprint density at radius 1 is 1.20 bits per heavy atom. The van der Waals surface area contributed by atoms with Crippen molar-refractivity contribution in [2.24, 2.45) is 7.05 Å². The zero-order chi connectivity index (χ0) is 21.3. The second kappa shape index (κ2) is 8.88.